The molecule has 0 atom stereocenters. The average molecular weight is 322 g/mol. The third-order valence-corrected chi connectivity index (χ3v) is 3.14. The van der Waals surface area contributed by atoms with E-state index in [1.165, 1.54) is 12.1 Å². The monoisotopic (exact) mass is 322 g/mol. The number of ether oxygens (including phenoxy) is 1. The smallest absolute Gasteiger partial charge is 0.171 e. The lowest BCUT2D eigenvalue weighted by molar-refractivity contribution is 0.336. The van der Waals surface area contributed by atoms with Crippen molar-refractivity contribution in [3.63, 3.8) is 0 Å². The van der Waals surface area contributed by atoms with Crippen LogP contribution >= 0.6 is 12.2 Å². The molecule has 0 amide bonds. The van der Waals surface area contributed by atoms with E-state index in [0.29, 0.717) is 13.2 Å². The molecule has 0 spiro atoms. The summed E-state index contributed by atoms with van der Waals surface area (Å²) < 4.78 is 31.9. The molecule has 2 aromatic rings. The number of rotatable bonds is 5. The lowest BCUT2D eigenvalue weighted by Crippen LogP contribution is -2.28. The predicted octanol–water partition coefficient (Wildman–Crippen LogP) is 3.85. The maximum atomic E-state index is 13.5. The normalized spacial score (nSPS) is 10.1. The van der Waals surface area contributed by atoms with Gasteiger partial charge in [0.25, 0.3) is 0 Å². The third kappa shape index (κ3) is 4.39. The van der Waals surface area contributed by atoms with Crippen LogP contribution in [0.3, 0.4) is 0 Å². The molecule has 6 heteroatoms. The molecule has 0 saturated heterocycles. The van der Waals surface area contributed by atoms with E-state index in [0.717, 1.165) is 17.4 Å². The number of anilines is 1. The number of hydrogen-bond acceptors (Lipinski definition) is 2. The summed E-state index contributed by atoms with van der Waals surface area (Å²) in [7, 11) is 0. The Morgan fingerprint density at radius 1 is 1.18 bits per heavy atom. The third-order valence-electron chi connectivity index (χ3n) is 2.89. The zero-order valence-electron chi connectivity index (χ0n) is 12.0. The molecule has 2 aromatic carbocycles. The fourth-order valence-electron chi connectivity index (χ4n) is 1.88. The molecule has 0 aliphatic carbocycles. The summed E-state index contributed by atoms with van der Waals surface area (Å²) in [5.74, 6) is -0.556. The molecule has 0 radical (unpaired) electrons. The van der Waals surface area contributed by atoms with Crippen molar-refractivity contribution in [3.8, 4) is 5.75 Å². The number of thiocarbonyl (C=S) groups is 1. The summed E-state index contributed by atoms with van der Waals surface area (Å²) in [5.41, 5.74) is 1.06. The van der Waals surface area contributed by atoms with Gasteiger partial charge in [0.15, 0.2) is 5.11 Å². The fourth-order valence-corrected chi connectivity index (χ4v) is 2.06. The Bertz CT molecular complexity index is 664. The first-order valence-corrected chi connectivity index (χ1v) is 7.21. The Morgan fingerprint density at radius 3 is 2.68 bits per heavy atom. The van der Waals surface area contributed by atoms with Crippen LogP contribution in [0.15, 0.2) is 42.5 Å². The van der Waals surface area contributed by atoms with Crippen LogP contribution in [0.1, 0.15) is 12.5 Å². The Labute approximate surface area is 133 Å². The maximum absolute atomic E-state index is 13.5. The van der Waals surface area contributed by atoms with Gasteiger partial charge in [-0.25, -0.2) is 8.78 Å². The Morgan fingerprint density at radius 2 is 1.95 bits per heavy atom. The largest absolute Gasteiger partial charge is 0.494 e. The van der Waals surface area contributed by atoms with Crippen LogP contribution in [0.25, 0.3) is 0 Å². The molecule has 2 N–H and O–H groups in total. The van der Waals surface area contributed by atoms with Gasteiger partial charge >= 0.3 is 0 Å². The molecule has 0 unspecified atom stereocenters. The zero-order valence-corrected chi connectivity index (χ0v) is 12.8. The van der Waals surface area contributed by atoms with Gasteiger partial charge in [0.1, 0.15) is 17.4 Å². The second-order valence-electron chi connectivity index (χ2n) is 4.47. The van der Waals surface area contributed by atoms with Gasteiger partial charge in [-0.05, 0) is 37.3 Å². The Hall–Kier alpha value is -2.21. The van der Waals surface area contributed by atoms with Crippen molar-refractivity contribution >= 4 is 23.0 Å². The van der Waals surface area contributed by atoms with E-state index in [4.69, 9.17) is 17.0 Å². The van der Waals surface area contributed by atoms with Gasteiger partial charge < -0.3 is 15.4 Å². The Kier molecular flexibility index (Phi) is 5.66. The van der Waals surface area contributed by atoms with E-state index in [-0.39, 0.29) is 10.8 Å². The number of halogens is 2. The second kappa shape index (κ2) is 7.70. The number of benzene rings is 2. The van der Waals surface area contributed by atoms with E-state index >= 15 is 0 Å². The highest BCUT2D eigenvalue weighted by molar-refractivity contribution is 7.80. The Balaban J connectivity index is 1.95. The number of hydrogen-bond donors (Lipinski definition) is 2. The highest BCUT2D eigenvalue weighted by Gasteiger charge is 2.07. The molecule has 0 aliphatic heterocycles. The fraction of sp³-hybridized carbons (Fsp3) is 0.188. The lowest BCUT2D eigenvalue weighted by Gasteiger charge is -2.13. The number of para-hydroxylation sites is 1. The molecular weight excluding hydrogens is 306 g/mol. The molecule has 2 rings (SSSR count). The minimum Gasteiger partial charge on any atom is -0.494 e. The molecule has 0 saturated carbocycles. The molecule has 3 nitrogen and oxygen atoms in total. The van der Waals surface area contributed by atoms with Gasteiger partial charge in [0.05, 0.1) is 12.3 Å². The van der Waals surface area contributed by atoms with Crippen LogP contribution in [0.4, 0.5) is 14.5 Å². The van der Waals surface area contributed by atoms with Gasteiger partial charge in [-0.3, -0.25) is 0 Å². The first-order chi connectivity index (χ1) is 10.6. The summed E-state index contributed by atoms with van der Waals surface area (Å²) in [4.78, 5) is 0. The lowest BCUT2D eigenvalue weighted by atomic mass is 10.2. The highest BCUT2D eigenvalue weighted by atomic mass is 32.1. The van der Waals surface area contributed by atoms with Crippen molar-refractivity contribution in [2.24, 2.45) is 0 Å². The van der Waals surface area contributed by atoms with Gasteiger partial charge in [0.2, 0.25) is 0 Å². The van der Waals surface area contributed by atoms with Crippen molar-refractivity contribution in [2.75, 3.05) is 11.9 Å². The van der Waals surface area contributed by atoms with E-state index < -0.39 is 11.6 Å². The van der Waals surface area contributed by atoms with Gasteiger partial charge in [-0.15, -0.1) is 0 Å². The van der Waals surface area contributed by atoms with Crippen LogP contribution in [-0.2, 0) is 6.54 Å². The van der Waals surface area contributed by atoms with E-state index in [1.54, 1.807) is 0 Å². The number of nitrogens with one attached hydrogen (secondary N) is 2. The van der Waals surface area contributed by atoms with Crippen molar-refractivity contribution in [3.05, 3.63) is 59.7 Å². The first-order valence-electron chi connectivity index (χ1n) is 6.80. The van der Waals surface area contributed by atoms with Gasteiger partial charge in [0, 0.05) is 18.2 Å². The molecule has 22 heavy (non-hydrogen) atoms. The summed E-state index contributed by atoms with van der Waals surface area (Å²) in [6.07, 6.45) is 0. The minimum absolute atomic E-state index is 0.122. The van der Waals surface area contributed by atoms with Crippen molar-refractivity contribution < 1.29 is 13.5 Å². The standard InChI is InChI=1S/C16H16F2N2OS/c1-2-21-15-6-4-3-5-11(15)10-19-16(22)20-14-8-7-12(17)9-13(14)18/h3-9H,2,10H2,1H3,(H2,19,20,22). The zero-order chi connectivity index (χ0) is 15.9. The average Bonchev–Trinajstić information content (AvgIpc) is 2.49. The van der Waals surface area contributed by atoms with Crippen LogP contribution in [0.5, 0.6) is 5.75 Å². The quantitative estimate of drug-likeness (QED) is 0.819. The van der Waals surface area contributed by atoms with E-state index in [2.05, 4.69) is 10.6 Å². The van der Waals surface area contributed by atoms with Gasteiger partial charge in [-0.2, -0.15) is 0 Å². The molecule has 0 fully saturated rings. The summed E-state index contributed by atoms with van der Waals surface area (Å²) in [6.45, 7) is 2.92. The molecule has 0 aromatic heterocycles. The van der Waals surface area contributed by atoms with Crippen LogP contribution < -0.4 is 15.4 Å². The van der Waals surface area contributed by atoms with Gasteiger partial charge in [-0.1, -0.05) is 18.2 Å². The minimum atomic E-state index is -0.695. The predicted molar refractivity (Wildman–Crippen MR) is 87.0 cm³/mol. The second-order valence-corrected chi connectivity index (χ2v) is 4.88. The van der Waals surface area contributed by atoms with E-state index in [1.807, 2.05) is 31.2 Å². The van der Waals surface area contributed by atoms with Crippen LogP contribution in [0, 0.1) is 11.6 Å². The molecule has 116 valence electrons. The SMILES string of the molecule is CCOc1ccccc1CNC(=S)Nc1ccc(F)cc1F. The summed E-state index contributed by atoms with van der Waals surface area (Å²) in [6, 6.07) is 10.8. The molecule has 0 bridgehead atoms. The van der Waals surface area contributed by atoms with Crippen LogP contribution in [-0.4, -0.2) is 11.7 Å². The van der Waals surface area contributed by atoms with Crippen LogP contribution in [0.2, 0.25) is 0 Å². The van der Waals surface area contributed by atoms with E-state index in [9.17, 15) is 8.78 Å². The van der Waals surface area contributed by atoms with Crippen molar-refractivity contribution in [1.29, 1.82) is 0 Å². The van der Waals surface area contributed by atoms with Crippen molar-refractivity contribution in [2.45, 2.75) is 13.5 Å². The topological polar surface area (TPSA) is 33.3 Å². The summed E-state index contributed by atoms with van der Waals surface area (Å²) in [5, 5.41) is 5.91. The van der Waals surface area contributed by atoms with Crippen molar-refractivity contribution in [1.82, 2.24) is 5.32 Å². The molecule has 0 aliphatic rings. The molecule has 0 heterocycles. The first kappa shape index (κ1) is 16.2. The summed E-state index contributed by atoms with van der Waals surface area (Å²) >= 11 is 5.11. The maximum Gasteiger partial charge on any atom is 0.171 e. The highest BCUT2D eigenvalue weighted by Crippen LogP contribution is 2.18. The molecular formula is C16H16F2N2OS.